The third kappa shape index (κ3) is 3.21. The molecule has 0 saturated heterocycles. The van der Waals surface area contributed by atoms with E-state index in [1.807, 2.05) is 19.0 Å². The van der Waals surface area contributed by atoms with Gasteiger partial charge in [-0.05, 0) is 44.4 Å². The Balaban J connectivity index is 2.18. The number of phenols is 1. The number of nitrogens with zero attached hydrogens (tertiary/aromatic N) is 1. The Bertz CT molecular complexity index is 916. The standard InChI is InChI=1S/C20H23NO5/c1-21(2)10-14-16(22)6-8-18-19(14)15(11-26-18)20(23)13-9-12(24-3)5-7-17(13)25-4/h5-9,11,20,22-23H,10H2,1-4H3/t20-/m0/s1. The fraction of sp³-hybridized carbons (Fsp3) is 0.300. The molecule has 0 fully saturated rings. The van der Waals surface area contributed by atoms with Crippen LogP contribution in [-0.2, 0) is 6.54 Å². The van der Waals surface area contributed by atoms with Crippen molar-refractivity contribution >= 4 is 11.0 Å². The first kappa shape index (κ1) is 18.1. The molecule has 26 heavy (non-hydrogen) atoms. The first-order chi connectivity index (χ1) is 12.5. The molecule has 1 atom stereocenters. The van der Waals surface area contributed by atoms with Crippen molar-refractivity contribution in [2.45, 2.75) is 12.6 Å². The number of ether oxygens (including phenoxy) is 2. The Morgan fingerprint density at radius 3 is 2.50 bits per heavy atom. The number of aliphatic hydroxyl groups is 1. The maximum Gasteiger partial charge on any atom is 0.134 e. The van der Waals surface area contributed by atoms with Crippen LogP contribution in [0.4, 0.5) is 0 Å². The number of fused-ring (bicyclic) bond motifs is 1. The molecule has 0 aliphatic heterocycles. The minimum atomic E-state index is -0.996. The highest BCUT2D eigenvalue weighted by molar-refractivity contribution is 5.87. The molecule has 0 saturated carbocycles. The fourth-order valence-corrected chi connectivity index (χ4v) is 3.11. The van der Waals surface area contributed by atoms with Crippen molar-refractivity contribution < 1.29 is 24.1 Å². The predicted octanol–water partition coefficient (Wildman–Crippen LogP) is 3.30. The van der Waals surface area contributed by atoms with Gasteiger partial charge in [-0.15, -0.1) is 0 Å². The Morgan fingerprint density at radius 2 is 1.85 bits per heavy atom. The van der Waals surface area contributed by atoms with Crippen molar-refractivity contribution in [3.8, 4) is 17.2 Å². The van der Waals surface area contributed by atoms with Crippen LogP contribution in [0.25, 0.3) is 11.0 Å². The molecule has 6 heteroatoms. The van der Waals surface area contributed by atoms with Gasteiger partial charge >= 0.3 is 0 Å². The van der Waals surface area contributed by atoms with Crippen LogP contribution in [0.1, 0.15) is 22.8 Å². The van der Waals surface area contributed by atoms with Crippen LogP contribution < -0.4 is 9.47 Å². The van der Waals surface area contributed by atoms with Crippen molar-refractivity contribution in [3.05, 3.63) is 53.3 Å². The zero-order valence-electron chi connectivity index (χ0n) is 15.3. The molecule has 138 valence electrons. The minimum absolute atomic E-state index is 0.165. The quantitative estimate of drug-likeness (QED) is 0.705. The van der Waals surface area contributed by atoms with Crippen molar-refractivity contribution in [2.24, 2.45) is 0 Å². The molecule has 3 rings (SSSR count). The van der Waals surface area contributed by atoms with E-state index in [4.69, 9.17) is 13.9 Å². The van der Waals surface area contributed by atoms with Gasteiger partial charge in [0.1, 0.15) is 28.9 Å². The number of furan rings is 1. The summed E-state index contributed by atoms with van der Waals surface area (Å²) < 4.78 is 16.3. The average molecular weight is 357 g/mol. The van der Waals surface area contributed by atoms with E-state index in [2.05, 4.69) is 0 Å². The van der Waals surface area contributed by atoms with Gasteiger partial charge in [-0.2, -0.15) is 0 Å². The highest BCUT2D eigenvalue weighted by Gasteiger charge is 2.24. The molecule has 2 N–H and O–H groups in total. The van der Waals surface area contributed by atoms with E-state index in [1.54, 1.807) is 44.6 Å². The van der Waals surface area contributed by atoms with Crippen LogP contribution in [0.5, 0.6) is 17.2 Å². The van der Waals surface area contributed by atoms with Gasteiger partial charge in [0.05, 0.1) is 20.5 Å². The minimum Gasteiger partial charge on any atom is -0.508 e. The van der Waals surface area contributed by atoms with Gasteiger partial charge in [-0.25, -0.2) is 0 Å². The van der Waals surface area contributed by atoms with Crippen molar-refractivity contribution in [3.63, 3.8) is 0 Å². The molecule has 3 aromatic rings. The lowest BCUT2D eigenvalue weighted by Crippen LogP contribution is -2.12. The maximum absolute atomic E-state index is 11.1. The third-order valence-corrected chi connectivity index (χ3v) is 4.35. The first-order valence-corrected chi connectivity index (χ1v) is 8.23. The van der Waals surface area contributed by atoms with Crippen molar-refractivity contribution in [2.75, 3.05) is 28.3 Å². The van der Waals surface area contributed by atoms with Gasteiger partial charge in [0.2, 0.25) is 0 Å². The lowest BCUT2D eigenvalue weighted by atomic mass is 9.96. The number of phenolic OH excluding ortho intramolecular Hbond substituents is 1. The zero-order chi connectivity index (χ0) is 18.8. The SMILES string of the molecule is COc1ccc(OC)c([C@H](O)c2coc3ccc(O)c(CN(C)C)c23)c1. The topological polar surface area (TPSA) is 75.3 Å². The fourth-order valence-electron chi connectivity index (χ4n) is 3.11. The summed E-state index contributed by atoms with van der Waals surface area (Å²) in [4.78, 5) is 1.95. The van der Waals surface area contributed by atoms with Gasteiger partial charge in [0.15, 0.2) is 0 Å². The number of methoxy groups -OCH3 is 2. The molecule has 6 nitrogen and oxygen atoms in total. The molecule has 1 heterocycles. The largest absolute Gasteiger partial charge is 0.508 e. The van der Waals surface area contributed by atoms with Crippen LogP contribution in [0.3, 0.4) is 0 Å². The Labute approximate surface area is 152 Å². The van der Waals surface area contributed by atoms with E-state index in [-0.39, 0.29) is 5.75 Å². The second-order valence-corrected chi connectivity index (χ2v) is 6.38. The molecule has 0 spiro atoms. The maximum atomic E-state index is 11.1. The normalized spacial score (nSPS) is 12.5. The molecule has 1 aromatic heterocycles. The predicted molar refractivity (Wildman–Crippen MR) is 98.9 cm³/mol. The first-order valence-electron chi connectivity index (χ1n) is 8.23. The van der Waals surface area contributed by atoms with E-state index < -0.39 is 6.10 Å². The molecule has 0 bridgehead atoms. The summed E-state index contributed by atoms with van der Waals surface area (Å²) in [6.45, 7) is 0.512. The summed E-state index contributed by atoms with van der Waals surface area (Å²) in [5, 5.41) is 22.1. The van der Waals surface area contributed by atoms with Gasteiger partial charge in [0.25, 0.3) is 0 Å². The number of hydrogen-bond donors (Lipinski definition) is 2. The molecular weight excluding hydrogens is 334 g/mol. The Hall–Kier alpha value is -2.70. The van der Waals surface area contributed by atoms with E-state index in [0.29, 0.717) is 45.7 Å². The lowest BCUT2D eigenvalue weighted by Gasteiger charge is -2.17. The molecule has 0 unspecified atom stereocenters. The van der Waals surface area contributed by atoms with Crippen LogP contribution in [0.15, 0.2) is 41.0 Å². The van der Waals surface area contributed by atoms with Gasteiger partial charge < -0.3 is 29.0 Å². The van der Waals surface area contributed by atoms with E-state index in [9.17, 15) is 10.2 Å². The highest BCUT2D eigenvalue weighted by atomic mass is 16.5. The number of benzene rings is 2. The van der Waals surface area contributed by atoms with Crippen LogP contribution in [-0.4, -0.2) is 43.4 Å². The van der Waals surface area contributed by atoms with Gasteiger partial charge in [-0.3, -0.25) is 0 Å². The summed E-state index contributed by atoms with van der Waals surface area (Å²) in [5.74, 6) is 1.32. The van der Waals surface area contributed by atoms with Gasteiger partial charge in [0, 0.05) is 28.6 Å². The van der Waals surface area contributed by atoms with E-state index >= 15 is 0 Å². The second-order valence-electron chi connectivity index (χ2n) is 6.38. The summed E-state index contributed by atoms with van der Waals surface area (Å²) in [5.41, 5.74) is 2.45. The number of hydrogen-bond acceptors (Lipinski definition) is 6. The Kier molecular flexibility index (Phi) is 5.06. The molecule has 0 aliphatic rings. The molecule has 0 amide bonds. The average Bonchev–Trinajstić information content (AvgIpc) is 3.07. The zero-order valence-corrected chi connectivity index (χ0v) is 15.3. The van der Waals surface area contributed by atoms with E-state index in [1.165, 1.54) is 6.26 Å². The monoisotopic (exact) mass is 357 g/mol. The summed E-state index contributed by atoms with van der Waals surface area (Å²) in [6, 6.07) is 8.55. The van der Waals surface area contributed by atoms with Gasteiger partial charge in [-0.1, -0.05) is 0 Å². The van der Waals surface area contributed by atoms with Crippen LogP contribution in [0, 0.1) is 0 Å². The molecule has 0 radical (unpaired) electrons. The van der Waals surface area contributed by atoms with Crippen molar-refractivity contribution in [1.29, 1.82) is 0 Å². The third-order valence-electron chi connectivity index (χ3n) is 4.35. The summed E-state index contributed by atoms with van der Waals surface area (Å²) in [6.07, 6.45) is 0.524. The highest BCUT2D eigenvalue weighted by Crippen LogP contribution is 2.40. The summed E-state index contributed by atoms with van der Waals surface area (Å²) >= 11 is 0. The Morgan fingerprint density at radius 1 is 1.08 bits per heavy atom. The number of aliphatic hydroxyl groups excluding tert-OH is 1. The smallest absolute Gasteiger partial charge is 0.134 e. The van der Waals surface area contributed by atoms with E-state index in [0.717, 1.165) is 0 Å². The second kappa shape index (κ2) is 7.27. The molecule has 2 aromatic carbocycles. The lowest BCUT2D eigenvalue weighted by molar-refractivity contribution is 0.214. The van der Waals surface area contributed by atoms with Crippen LogP contribution >= 0.6 is 0 Å². The summed E-state index contributed by atoms with van der Waals surface area (Å²) in [7, 11) is 6.95. The molecular formula is C20H23NO5. The van der Waals surface area contributed by atoms with Crippen molar-refractivity contribution in [1.82, 2.24) is 4.90 Å². The molecule has 0 aliphatic carbocycles. The number of aromatic hydroxyl groups is 1. The number of rotatable bonds is 6. The van der Waals surface area contributed by atoms with Crippen LogP contribution in [0.2, 0.25) is 0 Å².